The van der Waals surface area contributed by atoms with E-state index in [0.29, 0.717) is 38.7 Å². The molecule has 0 aromatic carbocycles. The highest BCUT2D eigenvalue weighted by molar-refractivity contribution is 5.80. The van der Waals surface area contributed by atoms with Crippen molar-refractivity contribution in [1.29, 1.82) is 0 Å². The number of anilines is 1. The Bertz CT molecular complexity index is 607. The lowest BCUT2D eigenvalue weighted by molar-refractivity contribution is -0.159. The zero-order valence-electron chi connectivity index (χ0n) is 13.3. The molecule has 4 rings (SSSR count). The summed E-state index contributed by atoms with van der Waals surface area (Å²) in [4.78, 5) is 24.7. The molecule has 3 fully saturated rings. The fraction of sp³-hybridized carbons (Fsp3) is 0.688. The van der Waals surface area contributed by atoms with Crippen LogP contribution in [-0.4, -0.2) is 65.6 Å². The van der Waals surface area contributed by atoms with Gasteiger partial charge < -0.3 is 14.5 Å². The van der Waals surface area contributed by atoms with Crippen LogP contribution in [0.4, 0.5) is 14.7 Å². The number of hydrogen-bond acceptors (Lipinski definition) is 5. The number of halogens is 2. The maximum absolute atomic E-state index is 13.0. The molecule has 0 unspecified atom stereocenters. The van der Waals surface area contributed by atoms with Crippen molar-refractivity contribution in [2.24, 2.45) is 11.8 Å². The quantitative estimate of drug-likeness (QED) is 0.811. The maximum atomic E-state index is 13.0. The monoisotopic (exact) mass is 338 g/mol. The van der Waals surface area contributed by atoms with Crippen molar-refractivity contribution in [2.45, 2.75) is 24.9 Å². The van der Waals surface area contributed by atoms with Gasteiger partial charge >= 0.3 is 0 Å². The Balaban J connectivity index is 1.40. The van der Waals surface area contributed by atoms with Gasteiger partial charge in [-0.3, -0.25) is 4.79 Å². The summed E-state index contributed by atoms with van der Waals surface area (Å²) in [5, 5.41) is 0. The van der Waals surface area contributed by atoms with Gasteiger partial charge in [-0.15, -0.1) is 0 Å². The van der Waals surface area contributed by atoms with E-state index in [-0.39, 0.29) is 30.8 Å². The molecular weight excluding hydrogens is 318 g/mol. The van der Waals surface area contributed by atoms with Gasteiger partial charge in [-0.25, -0.2) is 18.7 Å². The molecule has 2 atom stereocenters. The summed E-state index contributed by atoms with van der Waals surface area (Å²) in [6, 6.07) is 1.77. The fourth-order valence-electron chi connectivity index (χ4n) is 3.80. The van der Waals surface area contributed by atoms with Crippen LogP contribution in [-0.2, 0) is 9.53 Å². The van der Waals surface area contributed by atoms with Crippen LogP contribution in [0.15, 0.2) is 18.5 Å². The van der Waals surface area contributed by atoms with Gasteiger partial charge in [0.05, 0.1) is 12.7 Å². The van der Waals surface area contributed by atoms with Gasteiger partial charge in [-0.1, -0.05) is 0 Å². The average molecular weight is 338 g/mol. The third-order valence-corrected chi connectivity index (χ3v) is 5.12. The van der Waals surface area contributed by atoms with E-state index in [1.165, 1.54) is 0 Å². The molecule has 1 aromatic rings. The lowest BCUT2D eigenvalue weighted by Crippen LogP contribution is -2.46. The molecule has 3 aliphatic rings. The van der Waals surface area contributed by atoms with E-state index in [2.05, 4.69) is 14.9 Å². The van der Waals surface area contributed by atoms with Gasteiger partial charge in [-0.2, -0.15) is 0 Å². The van der Waals surface area contributed by atoms with Gasteiger partial charge in [0.15, 0.2) is 0 Å². The first-order valence-corrected chi connectivity index (χ1v) is 8.32. The van der Waals surface area contributed by atoms with Gasteiger partial charge in [0, 0.05) is 63.3 Å². The molecular formula is C16H20F2N4O2. The number of aromatic nitrogens is 2. The number of nitrogens with zero attached hydrogens (tertiary/aromatic N) is 4. The molecule has 1 aliphatic carbocycles. The fourth-order valence-corrected chi connectivity index (χ4v) is 3.80. The third-order valence-electron chi connectivity index (χ3n) is 5.12. The summed E-state index contributed by atoms with van der Waals surface area (Å²) in [5.41, 5.74) is 0. The van der Waals surface area contributed by atoms with Crippen molar-refractivity contribution < 1.29 is 18.3 Å². The molecule has 0 radical (unpaired) electrons. The number of rotatable bonds is 2. The maximum Gasteiger partial charge on any atom is 0.249 e. The molecule has 1 saturated carbocycles. The average Bonchev–Trinajstić information content (AvgIpc) is 2.84. The second-order valence-corrected chi connectivity index (χ2v) is 6.87. The second-order valence-electron chi connectivity index (χ2n) is 6.87. The predicted octanol–water partition coefficient (Wildman–Crippen LogP) is 1.19. The summed E-state index contributed by atoms with van der Waals surface area (Å²) in [6.07, 6.45) is 2.73. The largest absolute Gasteiger partial charge is 0.374 e. The molecule has 2 saturated heterocycles. The van der Waals surface area contributed by atoms with Crippen LogP contribution in [0.5, 0.6) is 0 Å². The van der Waals surface area contributed by atoms with E-state index in [9.17, 15) is 13.6 Å². The van der Waals surface area contributed by atoms with Crippen LogP contribution in [0.25, 0.3) is 0 Å². The minimum absolute atomic E-state index is 0.0387. The van der Waals surface area contributed by atoms with Crippen LogP contribution in [0.1, 0.15) is 12.8 Å². The van der Waals surface area contributed by atoms with Gasteiger partial charge in [0.1, 0.15) is 0 Å². The smallest absolute Gasteiger partial charge is 0.249 e. The Hall–Kier alpha value is -1.83. The molecule has 6 nitrogen and oxygen atoms in total. The van der Waals surface area contributed by atoms with Crippen LogP contribution >= 0.6 is 0 Å². The van der Waals surface area contributed by atoms with Gasteiger partial charge in [-0.05, 0) is 6.07 Å². The van der Waals surface area contributed by atoms with Crippen LogP contribution in [0, 0.1) is 11.8 Å². The topological polar surface area (TPSA) is 58.6 Å². The third kappa shape index (κ3) is 2.94. The summed E-state index contributed by atoms with van der Waals surface area (Å²) >= 11 is 0. The first-order valence-electron chi connectivity index (χ1n) is 8.32. The van der Waals surface area contributed by atoms with Gasteiger partial charge in [0.2, 0.25) is 17.8 Å². The number of alkyl halides is 2. The molecule has 130 valence electrons. The van der Waals surface area contributed by atoms with Gasteiger partial charge in [0.25, 0.3) is 0 Å². The predicted molar refractivity (Wildman–Crippen MR) is 81.7 cm³/mol. The van der Waals surface area contributed by atoms with E-state index < -0.39 is 11.8 Å². The number of carbonyl (C=O) groups is 1. The summed E-state index contributed by atoms with van der Waals surface area (Å²) in [7, 11) is 0. The second kappa shape index (κ2) is 5.91. The molecule has 24 heavy (non-hydrogen) atoms. The van der Waals surface area contributed by atoms with Crippen molar-refractivity contribution in [3.8, 4) is 0 Å². The van der Waals surface area contributed by atoms with E-state index in [1.807, 2.05) is 0 Å². The molecule has 0 spiro atoms. The van der Waals surface area contributed by atoms with Crippen molar-refractivity contribution >= 4 is 11.9 Å². The first kappa shape index (κ1) is 15.7. The molecule has 2 aliphatic heterocycles. The lowest BCUT2D eigenvalue weighted by Gasteiger charge is -2.36. The van der Waals surface area contributed by atoms with Crippen molar-refractivity contribution in [3.63, 3.8) is 0 Å². The van der Waals surface area contributed by atoms with E-state index >= 15 is 0 Å². The number of hydrogen-bond donors (Lipinski definition) is 0. The molecule has 1 amide bonds. The molecule has 3 heterocycles. The number of ether oxygens (including phenoxy) is 1. The Morgan fingerprint density at radius 1 is 1.21 bits per heavy atom. The van der Waals surface area contributed by atoms with Crippen LogP contribution in [0.2, 0.25) is 0 Å². The minimum atomic E-state index is -2.66. The zero-order chi connectivity index (χ0) is 16.7. The Labute approximate surface area is 138 Å². The number of amides is 1. The van der Waals surface area contributed by atoms with Crippen LogP contribution < -0.4 is 4.90 Å². The van der Waals surface area contributed by atoms with E-state index in [4.69, 9.17) is 4.74 Å². The van der Waals surface area contributed by atoms with E-state index in [0.717, 1.165) is 0 Å². The van der Waals surface area contributed by atoms with Crippen molar-refractivity contribution in [3.05, 3.63) is 18.5 Å². The highest BCUT2D eigenvalue weighted by Gasteiger charge is 2.51. The van der Waals surface area contributed by atoms with Crippen LogP contribution in [0.3, 0.4) is 0 Å². The summed E-state index contributed by atoms with van der Waals surface area (Å²) in [6.45, 7) is 3.01. The number of carbonyl (C=O) groups excluding carboxylic acids is 1. The first-order chi connectivity index (χ1) is 11.5. The number of likely N-dealkylation sites (tertiary alicyclic amines) is 1. The Kier molecular flexibility index (Phi) is 3.86. The number of fused-ring (bicyclic) bond motifs is 1. The highest BCUT2D eigenvalue weighted by atomic mass is 19.3. The standard InChI is InChI=1S/C16H20F2N4O2/c17-16(18)6-11(7-16)14(23)22-9-12-8-21(4-5-24-13(12)10-22)15-19-2-1-3-20-15/h1-3,11-13H,4-10H2/t12-,13+/m0/s1. The minimum Gasteiger partial charge on any atom is -0.374 e. The molecule has 8 heteroatoms. The SMILES string of the molecule is O=C(C1CC(F)(F)C1)N1C[C@@H]2CN(c3ncccn3)CCO[C@@H]2C1. The van der Waals surface area contributed by atoms with E-state index in [1.54, 1.807) is 23.4 Å². The van der Waals surface area contributed by atoms with Crippen molar-refractivity contribution in [2.75, 3.05) is 37.7 Å². The Morgan fingerprint density at radius 3 is 2.67 bits per heavy atom. The molecule has 1 aromatic heterocycles. The normalized spacial score (nSPS) is 29.8. The highest BCUT2D eigenvalue weighted by Crippen LogP contribution is 2.43. The molecule has 0 N–H and O–H groups in total. The lowest BCUT2D eigenvalue weighted by atomic mass is 9.80. The van der Waals surface area contributed by atoms with Crippen molar-refractivity contribution in [1.82, 2.24) is 14.9 Å². The zero-order valence-corrected chi connectivity index (χ0v) is 13.3. The summed E-state index contributed by atoms with van der Waals surface area (Å²) in [5.74, 6) is -2.54. The molecule has 0 bridgehead atoms. The Morgan fingerprint density at radius 2 is 1.96 bits per heavy atom. The summed E-state index contributed by atoms with van der Waals surface area (Å²) < 4.78 is 31.9.